The molecule has 32 heavy (non-hydrogen) atoms. The predicted molar refractivity (Wildman–Crippen MR) is 120 cm³/mol. The van der Waals surface area contributed by atoms with Crippen LogP contribution >= 0.6 is 0 Å². The Bertz CT molecular complexity index is 1180. The van der Waals surface area contributed by atoms with E-state index in [1.54, 1.807) is 54.6 Å². The summed E-state index contributed by atoms with van der Waals surface area (Å²) in [5, 5.41) is 2.60. The minimum atomic E-state index is -3.79. The Labute approximate surface area is 186 Å². The highest BCUT2D eigenvalue weighted by molar-refractivity contribution is 7.92. The monoisotopic (exact) mass is 454 g/mol. The van der Waals surface area contributed by atoms with Crippen LogP contribution in [0.5, 0.6) is 5.75 Å². The number of ether oxygens (including phenoxy) is 2. The highest BCUT2D eigenvalue weighted by Gasteiger charge is 2.21. The molecule has 3 rings (SSSR count). The first kappa shape index (κ1) is 22.8. The van der Waals surface area contributed by atoms with Crippen molar-refractivity contribution < 1.29 is 27.5 Å². The summed E-state index contributed by atoms with van der Waals surface area (Å²) in [6, 6.07) is 20.7. The molecule has 1 N–H and O–H groups in total. The van der Waals surface area contributed by atoms with Crippen molar-refractivity contribution in [2.75, 3.05) is 30.4 Å². The van der Waals surface area contributed by atoms with Crippen molar-refractivity contribution in [3.63, 3.8) is 0 Å². The molecule has 0 bridgehead atoms. The standard InChI is InChI=1S/C23H22N2O6S/c1-25(19-6-4-3-5-7-19)32(28,29)21-14-8-17(9-15-21)23(27)31-16-22(26)24-18-10-12-20(30-2)13-11-18/h3-15H,16H2,1-2H3,(H,24,26). The molecule has 0 aliphatic rings. The number of hydrogen-bond acceptors (Lipinski definition) is 6. The number of esters is 1. The lowest BCUT2D eigenvalue weighted by Crippen LogP contribution is -2.26. The third-order valence-electron chi connectivity index (χ3n) is 4.58. The molecule has 0 aromatic heterocycles. The average Bonchev–Trinajstić information content (AvgIpc) is 2.83. The van der Waals surface area contributed by atoms with E-state index in [1.807, 2.05) is 0 Å². The first-order valence-electron chi connectivity index (χ1n) is 9.56. The second-order valence-corrected chi connectivity index (χ2v) is 8.65. The van der Waals surface area contributed by atoms with E-state index in [4.69, 9.17) is 9.47 Å². The lowest BCUT2D eigenvalue weighted by molar-refractivity contribution is -0.119. The van der Waals surface area contributed by atoms with E-state index in [-0.39, 0.29) is 10.5 Å². The largest absolute Gasteiger partial charge is 0.497 e. The third-order valence-corrected chi connectivity index (χ3v) is 6.38. The maximum absolute atomic E-state index is 12.8. The van der Waals surface area contributed by atoms with E-state index in [1.165, 1.54) is 38.4 Å². The van der Waals surface area contributed by atoms with E-state index in [0.29, 0.717) is 17.1 Å². The van der Waals surface area contributed by atoms with Gasteiger partial charge in [-0.25, -0.2) is 13.2 Å². The van der Waals surface area contributed by atoms with Gasteiger partial charge in [0.05, 0.1) is 23.3 Å². The molecule has 0 aliphatic heterocycles. The minimum absolute atomic E-state index is 0.0256. The maximum Gasteiger partial charge on any atom is 0.338 e. The lowest BCUT2D eigenvalue weighted by atomic mass is 10.2. The van der Waals surface area contributed by atoms with Crippen molar-refractivity contribution in [3.05, 3.63) is 84.4 Å². The highest BCUT2D eigenvalue weighted by Crippen LogP contribution is 2.22. The number of carbonyl (C=O) groups is 2. The predicted octanol–water partition coefficient (Wildman–Crippen LogP) is 3.32. The molecule has 0 atom stereocenters. The van der Waals surface area contributed by atoms with Crippen LogP contribution in [0.25, 0.3) is 0 Å². The Morgan fingerprint density at radius 1 is 0.906 bits per heavy atom. The molecular formula is C23H22N2O6S. The number of carbonyl (C=O) groups excluding carboxylic acids is 2. The van der Waals surface area contributed by atoms with Crippen LogP contribution in [0.15, 0.2) is 83.8 Å². The summed E-state index contributed by atoms with van der Waals surface area (Å²) in [5.74, 6) is -0.600. The zero-order valence-electron chi connectivity index (χ0n) is 17.5. The van der Waals surface area contributed by atoms with Crippen molar-refractivity contribution in [1.82, 2.24) is 0 Å². The van der Waals surface area contributed by atoms with Gasteiger partial charge in [0.25, 0.3) is 15.9 Å². The first-order valence-corrected chi connectivity index (χ1v) is 11.0. The summed E-state index contributed by atoms with van der Waals surface area (Å²) in [5.41, 5.74) is 1.17. The fourth-order valence-corrected chi connectivity index (χ4v) is 3.98. The summed E-state index contributed by atoms with van der Waals surface area (Å²) < 4.78 is 36.8. The van der Waals surface area contributed by atoms with Crippen LogP contribution in [-0.4, -0.2) is 41.1 Å². The number of benzene rings is 3. The fourth-order valence-electron chi connectivity index (χ4n) is 2.78. The smallest absolute Gasteiger partial charge is 0.338 e. The average molecular weight is 455 g/mol. The van der Waals surface area contributed by atoms with Crippen LogP contribution in [0.1, 0.15) is 10.4 Å². The van der Waals surface area contributed by atoms with Gasteiger partial charge in [0.15, 0.2) is 6.61 Å². The number of rotatable bonds is 8. The second-order valence-electron chi connectivity index (χ2n) is 6.69. The van der Waals surface area contributed by atoms with Gasteiger partial charge in [0, 0.05) is 12.7 Å². The van der Waals surface area contributed by atoms with Crippen molar-refractivity contribution in [2.24, 2.45) is 0 Å². The number of para-hydroxylation sites is 1. The number of hydrogen-bond donors (Lipinski definition) is 1. The second kappa shape index (κ2) is 9.97. The molecule has 0 radical (unpaired) electrons. The summed E-state index contributed by atoms with van der Waals surface area (Å²) in [7, 11) is -0.801. The number of nitrogens with zero attached hydrogens (tertiary/aromatic N) is 1. The summed E-state index contributed by atoms with van der Waals surface area (Å²) in [4.78, 5) is 24.2. The topological polar surface area (TPSA) is 102 Å². The first-order chi connectivity index (χ1) is 15.3. The van der Waals surface area contributed by atoms with E-state index in [0.717, 1.165) is 4.31 Å². The van der Waals surface area contributed by atoms with Gasteiger partial charge in [-0.15, -0.1) is 0 Å². The normalized spacial score (nSPS) is 10.8. The van der Waals surface area contributed by atoms with Gasteiger partial charge in [0.1, 0.15) is 5.75 Å². The Morgan fingerprint density at radius 2 is 1.53 bits per heavy atom. The van der Waals surface area contributed by atoms with Crippen LogP contribution < -0.4 is 14.4 Å². The molecule has 0 fully saturated rings. The molecule has 3 aromatic carbocycles. The maximum atomic E-state index is 12.8. The van der Waals surface area contributed by atoms with Crippen molar-refractivity contribution in [1.29, 1.82) is 0 Å². The van der Waals surface area contributed by atoms with Gasteiger partial charge in [-0.3, -0.25) is 9.10 Å². The molecular weight excluding hydrogens is 432 g/mol. The molecule has 166 valence electrons. The third kappa shape index (κ3) is 5.44. The van der Waals surface area contributed by atoms with Gasteiger partial charge >= 0.3 is 5.97 Å². The number of sulfonamides is 1. The van der Waals surface area contributed by atoms with Crippen LogP contribution in [-0.2, 0) is 19.6 Å². The number of amides is 1. The molecule has 9 heteroatoms. The Balaban J connectivity index is 1.59. The SMILES string of the molecule is COc1ccc(NC(=O)COC(=O)c2ccc(S(=O)(=O)N(C)c3ccccc3)cc2)cc1. The van der Waals surface area contributed by atoms with Crippen LogP contribution in [0.2, 0.25) is 0 Å². The van der Waals surface area contributed by atoms with Crippen LogP contribution in [0, 0.1) is 0 Å². The molecule has 1 amide bonds. The Kier molecular flexibility index (Phi) is 7.11. The molecule has 0 unspecified atom stereocenters. The van der Waals surface area contributed by atoms with E-state index in [9.17, 15) is 18.0 Å². The lowest BCUT2D eigenvalue weighted by Gasteiger charge is -2.19. The van der Waals surface area contributed by atoms with Crippen molar-refractivity contribution in [3.8, 4) is 5.75 Å². The fraction of sp³-hybridized carbons (Fsp3) is 0.130. The van der Waals surface area contributed by atoms with Gasteiger partial charge in [-0.2, -0.15) is 0 Å². The van der Waals surface area contributed by atoms with E-state index < -0.39 is 28.5 Å². The molecule has 0 aliphatic carbocycles. The van der Waals surface area contributed by atoms with Gasteiger partial charge in [0.2, 0.25) is 0 Å². The molecule has 0 heterocycles. The number of anilines is 2. The molecule has 3 aromatic rings. The van der Waals surface area contributed by atoms with Crippen LogP contribution in [0.4, 0.5) is 11.4 Å². The molecule has 0 saturated heterocycles. The summed E-state index contributed by atoms with van der Waals surface area (Å²) in [6.07, 6.45) is 0. The minimum Gasteiger partial charge on any atom is -0.497 e. The van der Waals surface area contributed by atoms with Gasteiger partial charge in [-0.1, -0.05) is 18.2 Å². The Morgan fingerprint density at radius 3 is 2.12 bits per heavy atom. The molecule has 8 nitrogen and oxygen atoms in total. The summed E-state index contributed by atoms with van der Waals surface area (Å²) in [6.45, 7) is -0.484. The number of nitrogens with one attached hydrogen (secondary N) is 1. The zero-order chi connectivity index (χ0) is 23.1. The highest BCUT2D eigenvalue weighted by atomic mass is 32.2. The van der Waals surface area contributed by atoms with Crippen LogP contribution in [0.3, 0.4) is 0 Å². The van der Waals surface area contributed by atoms with E-state index >= 15 is 0 Å². The van der Waals surface area contributed by atoms with Gasteiger partial charge < -0.3 is 14.8 Å². The van der Waals surface area contributed by atoms with Gasteiger partial charge in [-0.05, 0) is 60.7 Å². The summed E-state index contributed by atoms with van der Waals surface area (Å²) >= 11 is 0. The Hall–Kier alpha value is -3.85. The van der Waals surface area contributed by atoms with E-state index in [2.05, 4.69) is 5.32 Å². The van der Waals surface area contributed by atoms with Crippen molar-refractivity contribution >= 4 is 33.3 Å². The molecule has 0 saturated carbocycles. The van der Waals surface area contributed by atoms with Crippen molar-refractivity contribution in [2.45, 2.75) is 4.90 Å². The molecule has 0 spiro atoms. The quantitative estimate of drug-likeness (QED) is 0.524. The zero-order valence-corrected chi connectivity index (χ0v) is 18.3. The number of methoxy groups -OCH3 is 1.